The van der Waals surface area contributed by atoms with Crippen LogP contribution in [0.4, 0.5) is 9.52 Å². The highest BCUT2D eigenvalue weighted by atomic mass is 32.1. The van der Waals surface area contributed by atoms with Crippen molar-refractivity contribution in [1.29, 1.82) is 0 Å². The van der Waals surface area contributed by atoms with Gasteiger partial charge in [0.15, 0.2) is 5.13 Å². The molecule has 1 aliphatic rings. The molecule has 0 aliphatic carbocycles. The second-order valence-electron chi connectivity index (χ2n) is 6.82. The molecule has 6 heteroatoms. The third-order valence-corrected chi connectivity index (χ3v) is 5.62. The van der Waals surface area contributed by atoms with Gasteiger partial charge in [-0.25, -0.2) is 9.37 Å². The third-order valence-electron chi connectivity index (χ3n) is 4.72. The number of hydrogen-bond donors (Lipinski definition) is 1. The van der Waals surface area contributed by atoms with Crippen LogP contribution in [-0.4, -0.2) is 29.1 Å². The molecule has 1 aromatic heterocycles. The molecule has 0 atom stereocenters. The minimum atomic E-state index is -0.762. The molecule has 1 aliphatic heterocycles. The molecule has 0 radical (unpaired) electrons. The van der Waals surface area contributed by atoms with Crippen LogP contribution in [0.3, 0.4) is 0 Å². The van der Waals surface area contributed by atoms with Gasteiger partial charge >= 0.3 is 5.97 Å². The van der Waals surface area contributed by atoms with Gasteiger partial charge in [0.05, 0.1) is 11.1 Å². The summed E-state index contributed by atoms with van der Waals surface area (Å²) in [7, 11) is 0. The van der Waals surface area contributed by atoms with Gasteiger partial charge in [0.1, 0.15) is 5.82 Å². The van der Waals surface area contributed by atoms with Gasteiger partial charge in [0.25, 0.3) is 0 Å². The van der Waals surface area contributed by atoms with Crippen LogP contribution in [0.5, 0.6) is 0 Å². The lowest BCUT2D eigenvalue weighted by atomic mass is 9.82. The molecular formula is C20H17FN2O2S. The van der Waals surface area contributed by atoms with Gasteiger partial charge in [-0.2, -0.15) is 0 Å². The van der Waals surface area contributed by atoms with Gasteiger partial charge in [-0.3, -0.25) is 4.79 Å². The van der Waals surface area contributed by atoms with Crippen molar-refractivity contribution in [3.05, 3.63) is 59.7 Å². The number of thiazole rings is 1. The standard InChI is InChI=1S/C20H17FN2O2S/c1-20(18(24)25)11-23(12-20)19-22-17(10-26-19)15-4-2-13(3-5-15)14-6-8-16(21)9-7-14/h2-10H,11-12H2,1H3,(H,24,25). The Morgan fingerprint density at radius 3 is 2.19 bits per heavy atom. The fourth-order valence-corrected chi connectivity index (χ4v) is 3.92. The molecule has 2 aromatic carbocycles. The van der Waals surface area contributed by atoms with Gasteiger partial charge in [0, 0.05) is 24.0 Å². The Morgan fingerprint density at radius 1 is 1.08 bits per heavy atom. The summed E-state index contributed by atoms with van der Waals surface area (Å²) in [5.74, 6) is -1.01. The predicted molar refractivity (Wildman–Crippen MR) is 101 cm³/mol. The van der Waals surface area contributed by atoms with Gasteiger partial charge in [-0.05, 0) is 30.2 Å². The topological polar surface area (TPSA) is 53.4 Å². The zero-order valence-electron chi connectivity index (χ0n) is 14.1. The van der Waals surface area contributed by atoms with Crippen LogP contribution in [0.15, 0.2) is 53.9 Å². The Balaban J connectivity index is 1.50. The van der Waals surface area contributed by atoms with E-state index in [1.807, 2.05) is 34.5 Å². The molecule has 1 N–H and O–H groups in total. The Bertz CT molecular complexity index is 945. The van der Waals surface area contributed by atoms with Crippen LogP contribution >= 0.6 is 11.3 Å². The fraction of sp³-hybridized carbons (Fsp3) is 0.200. The molecule has 4 rings (SSSR count). The number of carbonyl (C=O) groups is 1. The summed E-state index contributed by atoms with van der Waals surface area (Å²) in [6, 6.07) is 14.4. The van der Waals surface area contributed by atoms with Crippen LogP contribution in [0.1, 0.15) is 6.92 Å². The SMILES string of the molecule is CC1(C(=O)O)CN(c2nc(-c3ccc(-c4ccc(F)cc4)cc3)cs2)C1. The highest BCUT2D eigenvalue weighted by Crippen LogP contribution is 2.37. The Morgan fingerprint density at radius 2 is 1.62 bits per heavy atom. The van der Waals surface area contributed by atoms with Crippen molar-refractivity contribution in [1.82, 2.24) is 4.98 Å². The van der Waals surface area contributed by atoms with Crippen molar-refractivity contribution in [2.75, 3.05) is 18.0 Å². The Hall–Kier alpha value is -2.73. The molecule has 0 spiro atoms. The summed E-state index contributed by atoms with van der Waals surface area (Å²) in [4.78, 5) is 17.8. The number of halogens is 1. The molecule has 132 valence electrons. The first-order chi connectivity index (χ1) is 12.4. The van der Waals surface area contributed by atoms with E-state index in [1.54, 1.807) is 19.1 Å². The summed E-state index contributed by atoms with van der Waals surface area (Å²) < 4.78 is 13.0. The van der Waals surface area contributed by atoms with E-state index in [0.717, 1.165) is 27.5 Å². The second kappa shape index (κ2) is 6.21. The molecule has 0 amide bonds. The quantitative estimate of drug-likeness (QED) is 0.735. The first kappa shape index (κ1) is 16.7. The number of aromatic nitrogens is 1. The van der Waals surface area contributed by atoms with Gasteiger partial charge in [-0.1, -0.05) is 36.4 Å². The normalized spacial score (nSPS) is 15.5. The number of carboxylic acid groups (broad SMARTS) is 1. The number of hydrogen-bond acceptors (Lipinski definition) is 4. The lowest BCUT2D eigenvalue weighted by Gasteiger charge is -2.44. The van der Waals surface area contributed by atoms with E-state index in [4.69, 9.17) is 0 Å². The number of rotatable bonds is 4. The van der Waals surface area contributed by atoms with E-state index < -0.39 is 11.4 Å². The molecule has 26 heavy (non-hydrogen) atoms. The maximum Gasteiger partial charge on any atom is 0.312 e. The molecule has 0 saturated carbocycles. The Kier molecular flexibility index (Phi) is 4.00. The van der Waals surface area contributed by atoms with E-state index in [0.29, 0.717) is 13.1 Å². The highest BCUT2D eigenvalue weighted by Gasteiger charge is 2.46. The van der Waals surface area contributed by atoms with E-state index in [2.05, 4.69) is 4.98 Å². The number of nitrogens with zero attached hydrogens (tertiary/aromatic N) is 2. The number of anilines is 1. The number of aliphatic carboxylic acids is 1. The monoisotopic (exact) mass is 368 g/mol. The van der Waals surface area contributed by atoms with E-state index in [9.17, 15) is 14.3 Å². The van der Waals surface area contributed by atoms with Crippen LogP contribution in [0, 0.1) is 11.2 Å². The van der Waals surface area contributed by atoms with Gasteiger partial charge in [-0.15, -0.1) is 11.3 Å². The largest absolute Gasteiger partial charge is 0.481 e. The summed E-state index contributed by atoms with van der Waals surface area (Å²) in [5, 5.41) is 12.0. The van der Waals surface area contributed by atoms with Crippen molar-refractivity contribution >= 4 is 22.4 Å². The summed E-state index contributed by atoms with van der Waals surface area (Å²) >= 11 is 1.52. The van der Waals surface area contributed by atoms with Crippen molar-refractivity contribution in [2.45, 2.75) is 6.92 Å². The zero-order valence-corrected chi connectivity index (χ0v) is 15.0. The third kappa shape index (κ3) is 2.97. The summed E-state index contributed by atoms with van der Waals surface area (Å²) in [6.45, 7) is 2.73. The molecule has 0 unspecified atom stereocenters. The maximum absolute atomic E-state index is 13.0. The molecule has 1 saturated heterocycles. The van der Waals surface area contributed by atoms with Crippen LogP contribution < -0.4 is 4.90 Å². The van der Waals surface area contributed by atoms with Crippen molar-refractivity contribution < 1.29 is 14.3 Å². The van der Waals surface area contributed by atoms with E-state index in [1.165, 1.54) is 23.5 Å². The lowest BCUT2D eigenvalue weighted by Crippen LogP contribution is -2.59. The smallest absolute Gasteiger partial charge is 0.312 e. The van der Waals surface area contributed by atoms with E-state index in [-0.39, 0.29) is 5.82 Å². The summed E-state index contributed by atoms with van der Waals surface area (Å²) in [5.41, 5.74) is 3.18. The highest BCUT2D eigenvalue weighted by molar-refractivity contribution is 7.14. The molecule has 4 nitrogen and oxygen atoms in total. The maximum atomic E-state index is 13.0. The fourth-order valence-electron chi connectivity index (χ4n) is 3.08. The summed E-state index contributed by atoms with van der Waals surface area (Å²) in [6.07, 6.45) is 0. The number of carboxylic acids is 1. The average molecular weight is 368 g/mol. The number of benzene rings is 2. The first-order valence-corrected chi connectivity index (χ1v) is 9.13. The molecule has 3 aromatic rings. The van der Waals surface area contributed by atoms with Crippen molar-refractivity contribution in [3.63, 3.8) is 0 Å². The second-order valence-corrected chi connectivity index (χ2v) is 7.66. The minimum Gasteiger partial charge on any atom is -0.481 e. The Labute approximate surface area is 154 Å². The molecular weight excluding hydrogens is 351 g/mol. The van der Waals surface area contributed by atoms with E-state index >= 15 is 0 Å². The van der Waals surface area contributed by atoms with Crippen molar-refractivity contribution in [3.8, 4) is 22.4 Å². The zero-order chi connectivity index (χ0) is 18.3. The first-order valence-electron chi connectivity index (χ1n) is 8.25. The molecule has 2 heterocycles. The van der Waals surface area contributed by atoms with Crippen molar-refractivity contribution in [2.24, 2.45) is 5.41 Å². The van der Waals surface area contributed by atoms with Crippen LogP contribution in [-0.2, 0) is 4.79 Å². The predicted octanol–water partition coefficient (Wildman–Crippen LogP) is 4.53. The van der Waals surface area contributed by atoms with Gasteiger partial charge in [0.2, 0.25) is 0 Å². The lowest BCUT2D eigenvalue weighted by molar-refractivity contribution is -0.149. The van der Waals surface area contributed by atoms with Crippen LogP contribution in [0.2, 0.25) is 0 Å². The average Bonchev–Trinajstić information content (AvgIpc) is 3.09. The molecule has 1 fully saturated rings. The minimum absolute atomic E-state index is 0.245. The van der Waals surface area contributed by atoms with Crippen LogP contribution in [0.25, 0.3) is 22.4 Å². The molecule has 0 bridgehead atoms. The van der Waals surface area contributed by atoms with Gasteiger partial charge < -0.3 is 10.0 Å².